The van der Waals surface area contributed by atoms with Crippen LogP contribution in [0.25, 0.3) is 0 Å². The van der Waals surface area contributed by atoms with Crippen LogP contribution >= 0.6 is 0 Å². The smallest absolute Gasteiger partial charge is 0.416 e. The molecule has 2 rings (SSSR count). The maximum absolute atomic E-state index is 12.7. The molecule has 2 aromatic rings. The lowest BCUT2D eigenvalue weighted by molar-refractivity contribution is -0.137. The predicted molar refractivity (Wildman–Crippen MR) is 106 cm³/mol. The number of esters is 1. The van der Waals surface area contributed by atoms with Gasteiger partial charge in [-0.05, 0) is 48.9 Å². The summed E-state index contributed by atoms with van der Waals surface area (Å²) >= 11 is 0. The van der Waals surface area contributed by atoms with Gasteiger partial charge in [-0.25, -0.2) is 4.79 Å². The molecule has 0 aliphatic rings. The molecule has 0 bridgehead atoms. The van der Waals surface area contributed by atoms with Crippen molar-refractivity contribution in [3.8, 4) is 5.75 Å². The van der Waals surface area contributed by atoms with E-state index in [2.05, 4.69) is 12.2 Å². The van der Waals surface area contributed by atoms with E-state index in [1.54, 1.807) is 12.1 Å². The zero-order valence-corrected chi connectivity index (χ0v) is 16.6. The Balaban J connectivity index is 1.79. The highest BCUT2D eigenvalue weighted by Crippen LogP contribution is 2.30. The normalized spacial score (nSPS) is 11.1. The quantitative estimate of drug-likeness (QED) is 0.407. The van der Waals surface area contributed by atoms with Gasteiger partial charge >= 0.3 is 12.1 Å². The number of nitrogens with one attached hydrogen (secondary N) is 1. The summed E-state index contributed by atoms with van der Waals surface area (Å²) in [6.07, 6.45) is -0.148. The lowest BCUT2D eigenvalue weighted by atomic mass is 10.2. The van der Waals surface area contributed by atoms with Gasteiger partial charge in [0.25, 0.3) is 5.91 Å². The topological polar surface area (TPSA) is 64.6 Å². The van der Waals surface area contributed by atoms with E-state index in [9.17, 15) is 22.8 Å². The summed E-state index contributed by atoms with van der Waals surface area (Å²) in [5.41, 5.74) is -0.684. The highest BCUT2D eigenvalue weighted by molar-refractivity contribution is 5.95. The van der Waals surface area contributed by atoms with Gasteiger partial charge in [-0.3, -0.25) is 4.79 Å². The van der Waals surface area contributed by atoms with Gasteiger partial charge < -0.3 is 14.8 Å². The first-order valence-corrected chi connectivity index (χ1v) is 9.66. The summed E-state index contributed by atoms with van der Waals surface area (Å²) in [6, 6.07) is 10.5. The molecule has 0 atom stereocenters. The molecule has 1 amide bonds. The molecule has 5 nitrogen and oxygen atoms in total. The average Bonchev–Trinajstić information content (AvgIpc) is 2.72. The molecule has 8 heteroatoms. The lowest BCUT2D eigenvalue weighted by Crippen LogP contribution is -2.21. The summed E-state index contributed by atoms with van der Waals surface area (Å²) in [6.45, 7) is 2.11. The number of rotatable bonds is 10. The van der Waals surface area contributed by atoms with Crippen LogP contribution in [-0.4, -0.2) is 25.1 Å². The first-order chi connectivity index (χ1) is 14.3. The molecular weight excluding hydrogens is 399 g/mol. The third-order valence-corrected chi connectivity index (χ3v) is 4.16. The molecule has 0 saturated carbocycles. The fourth-order valence-electron chi connectivity index (χ4n) is 2.59. The fraction of sp³-hybridized carbons (Fsp3) is 0.364. The van der Waals surface area contributed by atoms with Crippen molar-refractivity contribution in [3.63, 3.8) is 0 Å². The maximum Gasteiger partial charge on any atom is 0.416 e. The summed E-state index contributed by atoms with van der Waals surface area (Å²) in [7, 11) is 0. The minimum absolute atomic E-state index is 0.0358. The Bertz CT molecular complexity index is 835. The molecule has 2 aromatic carbocycles. The van der Waals surface area contributed by atoms with Crippen molar-refractivity contribution < 1.29 is 32.2 Å². The third-order valence-electron chi connectivity index (χ3n) is 4.16. The summed E-state index contributed by atoms with van der Waals surface area (Å²) in [5, 5.41) is 2.27. The average molecular weight is 423 g/mol. The van der Waals surface area contributed by atoms with Crippen LogP contribution < -0.4 is 10.1 Å². The highest BCUT2D eigenvalue weighted by Gasteiger charge is 2.30. The monoisotopic (exact) mass is 423 g/mol. The number of benzene rings is 2. The fourth-order valence-corrected chi connectivity index (χ4v) is 2.59. The molecule has 0 aliphatic carbocycles. The molecule has 0 aliphatic heterocycles. The molecule has 1 N–H and O–H groups in total. The number of unbranched alkanes of at least 4 members (excludes halogenated alkanes) is 3. The van der Waals surface area contributed by atoms with Crippen LogP contribution in [-0.2, 0) is 15.7 Å². The second kappa shape index (κ2) is 11.2. The van der Waals surface area contributed by atoms with Gasteiger partial charge in [0.2, 0.25) is 0 Å². The standard InChI is InChI=1S/C22H24F3NO4/c1-2-3-4-5-13-29-19-11-9-16(10-12-19)21(28)30-15-20(27)26-18-8-6-7-17(14-18)22(23,24)25/h6-12,14H,2-5,13,15H2,1H3,(H,26,27). The van der Waals surface area contributed by atoms with Crippen molar-refractivity contribution in [1.82, 2.24) is 0 Å². The first-order valence-electron chi connectivity index (χ1n) is 9.66. The Kier molecular flexibility index (Phi) is 8.70. The van der Waals surface area contributed by atoms with Gasteiger partial charge in [0, 0.05) is 5.69 Å². The molecule has 0 spiro atoms. The van der Waals surface area contributed by atoms with Crippen molar-refractivity contribution in [3.05, 3.63) is 59.7 Å². The maximum atomic E-state index is 12.7. The van der Waals surface area contributed by atoms with Crippen molar-refractivity contribution >= 4 is 17.6 Å². The summed E-state index contributed by atoms with van der Waals surface area (Å²) in [4.78, 5) is 23.9. The van der Waals surface area contributed by atoms with Gasteiger partial charge in [-0.2, -0.15) is 13.2 Å². The molecule has 0 unspecified atom stereocenters. The Morgan fingerprint density at radius 3 is 2.40 bits per heavy atom. The van der Waals surface area contributed by atoms with Crippen LogP contribution in [0.1, 0.15) is 48.5 Å². The van der Waals surface area contributed by atoms with Crippen LogP contribution in [0.2, 0.25) is 0 Å². The van der Waals surface area contributed by atoms with Gasteiger partial charge in [-0.15, -0.1) is 0 Å². The van der Waals surface area contributed by atoms with E-state index < -0.39 is 30.2 Å². The zero-order valence-electron chi connectivity index (χ0n) is 16.6. The largest absolute Gasteiger partial charge is 0.494 e. The number of halogens is 3. The van der Waals surface area contributed by atoms with Crippen LogP contribution in [0.15, 0.2) is 48.5 Å². The van der Waals surface area contributed by atoms with E-state index in [1.165, 1.54) is 24.3 Å². The van der Waals surface area contributed by atoms with Crippen LogP contribution in [0.3, 0.4) is 0 Å². The van der Waals surface area contributed by atoms with Crippen LogP contribution in [0, 0.1) is 0 Å². The third kappa shape index (κ3) is 7.77. The van der Waals surface area contributed by atoms with Gasteiger partial charge in [0.15, 0.2) is 6.61 Å². The van der Waals surface area contributed by atoms with E-state index in [1.807, 2.05) is 0 Å². The van der Waals surface area contributed by atoms with E-state index >= 15 is 0 Å². The molecule has 162 valence electrons. The number of hydrogen-bond acceptors (Lipinski definition) is 4. The Morgan fingerprint density at radius 2 is 1.73 bits per heavy atom. The van der Waals surface area contributed by atoms with Crippen LogP contribution in [0.4, 0.5) is 18.9 Å². The molecule has 0 aromatic heterocycles. The molecule has 0 heterocycles. The van der Waals surface area contributed by atoms with Gasteiger partial charge in [0.1, 0.15) is 5.75 Å². The number of hydrogen-bond donors (Lipinski definition) is 1. The second-order valence-corrected chi connectivity index (χ2v) is 6.64. The predicted octanol–water partition coefficient (Wildman–Crippen LogP) is 5.46. The van der Waals surface area contributed by atoms with E-state index in [0.717, 1.165) is 37.8 Å². The van der Waals surface area contributed by atoms with Crippen molar-refractivity contribution in [2.24, 2.45) is 0 Å². The second-order valence-electron chi connectivity index (χ2n) is 6.64. The summed E-state index contributed by atoms with van der Waals surface area (Å²) < 4.78 is 48.6. The number of anilines is 1. The van der Waals surface area contributed by atoms with Gasteiger partial charge in [0.05, 0.1) is 17.7 Å². The van der Waals surface area contributed by atoms with Crippen LogP contribution in [0.5, 0.6) is 5.75 Å². The molecule has 0 fully saturated rings. The Labute approximate surface area is 173 Å². The molecular formula is C22H24F3NO4. The lowest BCUT2D eigenvalue weighted by Gasteiger charge is -2.10. The Hall–Kier alpha value is -3.03. The molecule has 30 heavy (non-hydrogen) atoms. The zero-order chi connectivity index (χ0) is 22.0. The highest BCUT2D eigenvalue weighted by atomic mass is 19.4. The number of ether oxygens (including phenoxy) is 2. The number of amides is 1. The number of alkyl halides is 3. The van der Waals surface area contributed by atoms with Crippen molar-refractivity contribution in [1.29, 1.82) is 0 Å². The van der Waals surface area contributed by atoms with E-state index in [-0.39, 0.29) is 11.3 Å². The number of carbonyl (C=O) groups excluding carboxylic acids is 2. The number of carbonyl (C=O) groups is 2. The van der Waals surface area contributed by atoms with Crippen molar-refractivity contribution in [2.75, 3.05) is 18.5 Å². The Morgan fingerprint density at radius 1 is 1.00 bits per heavy atom. The van der Waals surface area contributed by atoms with E-state index in [0.29, 0.717) is 12.4 Å². The minimum Gasteiger partial charge on any atom is -0.494 e. The van der Waals surface area contributed by atoms with Crippen molar-refractivity contribution in [2.45, 2.75) is 38.8 Å². The summed E-state index contributed by atoms with van der Waals surface area (Å²) in [5.74, 6) is -0.830. The molecule has 0 saturated heterocycles. The minimum atomic E-state index is -4.52. The SMILES string of the molecule is CCCCCCOc1ccc(C(=O)OCC(=O)Nc2cccc(C(F)(F)F)c2)cc1. The first kappa shape index (κ1) is 23.3. The van der Waals surface area contributed by atoms with Gasteiger partial charge in [-0.1, -0.05) is 32.3 Å². The molecule has 0 radical (unpaired) electrons. The van der Waals surface area contributed by atoms with E-state index in [4.69, 9.17) is 9.47 Å².